The fourth-order valence-electron chi connectivity index (χ4n) is 7.87. The Morgan fingerprint density at radius 3 is 2.84 bits per heavy atom. The molecule has 45 heavy (non-hydrogen) atoms. The van der Waals surface area contributed by atoms with Crippen molar-refractivity contribution < 1.29 is 27.8 Å². The van der Waals surface area contributed by atoms with E-state index in [1.54, 1.807) is 0 Å². The molecule has 1 N–H and O–H groups in total. The van der Waals surface area contributed by atoms with Gasteiger partial charge in [0.25, 0.3) is 0 Å². The van der Waals surface area contributed by atoms with Crippen molar-refractivity contribution in [3.63, 3.8) is 0 Å². The summed E-state index contributed by atoms with van der Waals surface area (Å²) in [6.45, 7) is 2.61. The third kappa shape index (κ3) is 4.73. The molecule has 2 aromatic carbocycles. The van der Waals surface area contributed by atoms with Crippen LogP contribution in [0.25, 0.3) is 32.9 Å². The summed E-state index contributed by atoms with van der Waals surface area (Å²) in [6, 6.07) is 5.45. The van der Waals surface area contributed by atoms with Gasteiger partial charge in [-0.1, -0.05) is 12.0 Å². The zero-order chi connectivity index (χ0) is 30.9. The lowest BCUT2D eigenvalue weighted by Crippen LogP contribution is -2.43. The van der Waals surface area contributed by atoms with Gasteiger partial charge in [0.05, 0.1) is 28.7 Å². The van der Waals surface area contributed by atoms with E-state index in [0.717, 1.165) is 38.6 Å². The van der Waals surface area contributed by atoms with Gasteiger partial charge in [-0.2, -0.15) is 9.97 Å². The van der Waals surface area contributed by atoms with E-state index in [4.69, 9.17) is 20.9 Å². The van der Waals surface area contributed by atoms with Gasteiger partial charge in [-0.15, -0.1) is 6.42 Å². The summed E-state index contributed by atoms with van der Waals surface area (Å²) in [6.07, 6.45) is 11.4. The van der Waals surface area contributed by atoms with Crippen LogP contribution in [-0.2, 0) is 4.74 Å². The van der Waals surface area contributed by atoms with Crippen molar-refractivity contribution in [2.45, 2.75) is 62.4 Å². The summed E-state index contributed by atoms with van der Waals surface area (Å²) in [5.74, 6) is 1.28. The number of rotatable bonds is 5. The summed E-state index contributed by atoms with van der Waals surface area (Å²) in [5, 5.41) is 11.6. The van der Waals surface area contributed by atoms with Crippen molar-refractivity contribution >= 4 is 27.5 Å². The maximum Gasteiger partial charge on any atom is 0.319 e. The predicted molar refractivity (Wildman–Crippen MR) is 163 cm³/mol. The quantitative estimate of drug-likeness (QED) is 0.294. The maximum absolute atomic E-state index is 16.8. The molecular formula is C34H32F3N5O3. The molecule has 6 heterocycles. The minimum absolute atomic E-state index is 0.0106. The lowest BCUT2D eigenvalue weighted by atomic mass is 9.95. The van der Waals surface area contributed by atoms with Gasteiger partial charge in [0.2, 0.25) is 0 Å². The monoisotopic (exact) mass is 615 g/mol. The van der Waals surface area contributed by atoms with Crippen LogP contribution >= 0.6 is 0 Å². The summed E-state index contributed by atoms with van der Waals surface area (Å²) < 4.78 is 58.4. The van der Waals surface area contributed by atoms with Crippen LogP contribution in [0, 0.1) is 24.0 Å². The Labute approximate surface area is 258 Å². The molecule has 0 amide bonds. The van der Waals surface area contributed by atoms with Crippen molar-refractivity contribution in [3.8, 4) is 35.4 Å². The summed E-state index contributed by atoms with van der Waals surface area (Å²) in [4.78, 5) is 18.0. The topological polar surface area (TPSA) is 83.8 Å². The molecular weight excluding hydrogens is 583 g/mol. The molecule has 4 fully saturated rings. The van der Waals surface area contributed by atoms with Gasteiger partial charge in [-0.05, 0) is 62.2 Å². The number of halogens is 3. The second-order valence-electron chi connectivity index (χ2n) is 12.7. The molecule has 4 saturated heterocycles. The first-order valence-corrected chi connectivity index (χ1v) is 15.5. The number of phenolic OH excluding ortho intramolecular Hbond substituents is 1. The highest BCUT2D eigenvalue weighted by Gasteiger charge is 2.49. The molecule has 4 aliphatic rings. The van der Waals surface area contributed by atoms with Crippen LogP contribution in [-0.4, -0.2) is 81.7 Å². The third-order valence-corrected chi connectivity index (χ3v) is 9.97. The van der Waals surface area contributed by atoms with Gasteiger partial charge < -0.3 is 19.5 Å². The third-order valence-electron chi connectivity index (χ3n) is 9.97. The second-order valence-corrected chi connectivity index (χ2v) is 12.7. The van der Waals surface area contributed by atoms with Gasteiger partial charge in [-0.3, -0.25) is 9.88 Å². The van der Waals surface area contributed by atoms with Gasteiger partial charge in [0.15, 0.2) is 5.82 Å². The molecule has 0 aliphatic carbocycles. The number of anilines is 1. The average Bonchev–Trinajstić information content (AvgIpc) is 3.66. The van der Waals surface area contributed by atoms with Crippen LogP contribution in [0.1, 0.15) is 44.1 Å². The largest absolute Gasteiger partial charge is 0.508 e. The van der Waals surface area contributed by atoms with E-state index < -0.39 is 23.3 Å². The summed E-state index contributed by atoms with van der Waals surface area (Å²) in [7, 11) is 0. The Morgan fingerprint density at radius 2 is 1.98 bits per heavy atom. The van der Waals surface area contributed by atoms with Crippen molar-refractivity contribution in [1.29, 1.82) is 0 Å². The van der Waals surface area contributed by atoms with Gasteiger partial charge >= 0.3 is 6.01 Å². The first kappa shape index (κ1) is 28.3. The number of pyridine rings is 1. The van der Waals surface area contributed by atoms with Crippen LogP contribution in [0.2, 0.25) is 0 Å². The Bertz CT molecular complexity index is 1880. The van der Waals surface area contributed by atoms with Crippen LogP contribution < -0.4 is 9.64 Å². The van der Waals surface area contributed by atoms with Crippen molar-refractivity contribution in [2.75, 3.05) is 37.7 Å². The zero-order valence-electron chi connectivity index (χ0n) is 24.6. The molecule has 4 aromatic rings. The number of hydrogen-bond donors (Lipinski definition) is 1. The molecule has 232 valence electrons. The number of hydrogen-bond acceptors (Lipinski definition) is 8. The van der Waals surface area contributed by atoms with Crippen molar-refractivity contribution in [1.82, 2.24) is 19.9 Å². The Morgan fingerprint density at radius 1 is 1.11 bits per heavy atom. The number of aromatic nitrogens is 3. The van der Waals surface area contributed by atoms with E-state index in [1.165, 1.54) is 30.5 Å². The number of fused-ring (bicyclic) bond motifs is 5. The first-order valence-electron chi connectivity index (χ1n) is 15.5. The van der Waals surface area contributed by atoms with Gasteiger partial charge in [-0.25, -0.2) is 13.2 Å². The highest BCUT2D eigenvalue weighted by atomic mass is 19.1. The lowest BCUT2D eigenvalue weighted by molar-refractivity contribution is 0.0580. The molecule has 11 heteroatoms. The van der Waals surface area contributed by atoms with Crippen molar-refractivity contribution in [3.05, 3.63) is 47.7 Å². The van der Waals surface area contributed by atoms with Crippen LogP contribution in [0.15, 0.2) is 30.5 Å². The van der Waals surface area contributed by atoms with E-state index in [1.807, 2.05) is 0 Å². The van der Waals surface area contributed by atoms with Crippen LogP contribution in [0.5, 0.6) is 11.8 Å². The van der Waals surface area contributed by atoms with Crippen LogP contribution in [0.3, 0.4) is 0 Å². The molecule has 2 aromatic heterocycles. The molecule has 4 aliphatic heterocycles. The zero-order valence-corrected chi connectivity index (χ0v) is 24.6. The average molecular weight is 616 g/mol. The van der Waals surface area contributed by atoms with E-state index in [-0.39, 0.29) is 58.3 Å². The first-order chi connectivity index (χ1) is 21.8. The summed E-state index contributed by atoms with van der Waals surface area (Å²) >= 11 is 0. The minimum atomic E-state index is -0.921. The molecule has 2 unspecified atom stereocenters. The predicted octanol–water partition coefficient (Wildman–Crippen LogP) is 5.52. The van der Waals surface area contributed by atoms with E-state index >= 15 is 4.39 Å². The molecule has 0 saturated carbocycles. The number of terminal acetylenes is 1. The number of nitrogens with zero attached hydrogens (tertiary/aromatic N) is 5. The molecule has 4 atom stereocenters. The number of benzene rings is 2. The fourth-order valence-corrected chi connectivity index (χ4v) is 7.87. The molecule has 0 spiro atoms. The SMILES string of the molecule is C#Cc1c(F)ccc2cc(O)cc(-c3ncc4c(N5CCC6CCC(C5)O6)nc(OC[C@@]56CCCN5C[C@H](F)C6)nc4c3F)c12. The molecule has 8 nitrogen and oxygen atoms in total. The van der Waals surface area contributed by atoms with E-state index in [9.17, 15) is 13.9 Å². The van der Waals surface area contributed by atoms with Gasteiger partial charge in [0, 0.05) is 43.2 Å². The van der Waals surface area contributed by atoms with Crippen molar-refractivity contribution in [2.24, 2.45) is 0 Å². The molecule has 8 rings (SSSR count). The van der Waals surface area contributed by atoms with E-state index in [0.29, 0.717) is 42.6 Å². The lowest BCUT2D eigenvalue weighted by Gasteiger charge is -2.31. The maximum atomic E-state index is 16.8. The Kier molecular flexibility index (Phi) is 6.76. The standard InChI is InChI=1S/C34H32F3N5O3/c1-2-24-27(36)7-4-19-12-21(43)13-25(28(19)24)30-29(37)31-26(15-38-30)32(41-11-8-22-5-6-23(17-41)45-22)40-33(39-31)44-18-34-9-3-10-42(34)16-20(35)14-34/h1,4,7,12-13,15,20,22-23,43H,3,5-6,8-11,14,16-18H2/t20-,22?,23?,34+/m1/s1. The number of phenols is 1. The number of ether oxygens (including phenoxy) is 2. The highest BCUT2D eigenvalue weighted by molar-refractivity contribution is 6.03. The Balaban J connectivity index is 1.27. The smallest absolute Gasteiger partial charge is 0.319 e. The fraction of sp³-hybridized carbons (Fsp3) is 0.441. The summed E-state index contributed by atoms with van der Waals surface area (Å²) in [5.41, 5.74) is -0.526. The Hall–Kier alpha value is -4.14. The number of aromatic hydroxyl groups is 1. The second kappa shape index (κ2) is 10.7. The van der Waals surface area contributed by atoms with Gasteiger partial charge in [0.1, 0.15) is 41.4 Å². The molecule has 2 bridgehead atoms. The molecule has 0 radical (unpaired) electrons. The van der Waals surface area contributed by atoms with Crippen LogP contribution in [0.4, 0.5) is 19.0 Å². The highest BCUT2D eigenvalue weighted by Crippen LogP contribution is 2.42. The van der Waals surface area contributed by atoms with E-state index in [2.05, 4.69) is 25.7 Å². The minimum Gasteiger partial charge on any atom is -0.508 e. The number of alkyl halides is 1. The normalized spacial score (nSPS) is 26.4.